The number of carbonyl (C=O) groups excluding carboxylic acids is 1. The smallest absolute Gasteiger partial charge is 0.263 e. The number of halogens is 1. The summed E-state index contributed by atoms with van der Waals surface area (Å²) in [5.41, 5.74) is 0.827. The van der Waals surface area contributed by atoms with Crippen LogP contribution in [0.4, 0.5) is 0 Å². The lowest BCUT2D eigenvalue weighted by atomic mass is 10.2. The summed E-state index contributed by atoms with van der Waals surface area (Å²) in [6.07, 6.45) is 2.46. The summed E-state index contributed by atoms with van der Waals surface area (Å²) in [4.78, 5) is 12.3. The zero-order valence-electron chi connectivity index (χ0n) is 15.1. The number of hydrogen-bond donors (Lipinski definition) is 1. The minimum Gasteiger partial charge on any atom is -0.493 e. The molecular weight excluding hydrogens is 418 g/mol. The Hall–Kier alpha value is -2.22. The standard InChI is InChI=1S/C20H18ClNO4S2/c1-24-17-11-13(12-18-19(23)22-20(27)28-18)7-8-16(17)26-10-4-9-25-15-6-3-2-5-14(15)21/h2-3,5-8,11-12H,4,9-10H2,1H3,(H,22,23,27)/b18-12-. The molecule has 0 aliphatic carbocycles. The largest absolute Gasteiger partial charge is 0.493 e. The Morgan fingerprint density at radius 3 is 2.54 bits per heavy atom. The number of rotatable bonds is 8. The van der Waals surface area contributed by atoms with E-state index in [1.54, 1.807) is 19.3 Å². The van der Waals surface area contributed by atoms with E-state index in [9.17, 15) is 4.79 Å². The van der Waals surface area contributed by atoms with E-state index in [0.29, 0.717) is 51.1 Å². The van der Waals surface area contributed by atoms with E-state index in [2.05, 4.69) is 5.32 Å². The van der Waals surface area contributed by atoms with Gasteiger partial charge in [-0.2, -0.15) is 0 Å². The van der Waals surface area contributed by atoms with E-state index < -0.39 is 0 Å². The predicted molar refractivity (Wildman–Crippen MR) is 116 cm³/mol. The minimum atomic E-state index is -0.187. The van der Waals surface area contributed by atoms with Crippen LogP contribution in [-0.4, -0.2) is 30.6 Å². The monoisotopic (exact) mass is 435 g/mol. The number of methoxy groups -OCH3 is 1. The molecule has 5 nitrogen and oxygen atoms in total. The Bertz CT molecular complexity index is 917. The molecule has 3 rings (SSSR count). The van der Waals surface area contributed by atoms with Gasteiger partial charge in [-0.15, -0.1) is 0 Å². The van der Waals surface area contributed by atoms with E-state index >= 15 is 0 Å². The number of hydrogen-bond acceptors (Lipinski definition) is 6. The number of amides is 1. The normalized spacial score (nSPS) is 14.9. The minimum absolute atomic E-state index is 0.187. The number of thiocarbonyl (C=S) groups is 1. The van der Waals surface area contributed by atoms with Crippen molar-refractivity contribution in [2.75, 3.05) is 20.3 Å². The van der Waals surface area contributed by atoms with Gasteiger partial charge in [0.2, 0.25) is 0 Å². The van der Waals surface area contributed by atoms with Gasteiger partial charge < -0.3 is 19.5 Å². The molecule has 1 fully saturated rings. The van der Waals surface area contributed by atoms with Crippen molar-refractivity contribution in [3.8, 4) is 17.2 Å². The summed E-state index contributed by atoms with van der Waals surface area (Å²) in [6, 6.07) is 12.8. The summed E-state index contributed by atoms with van der Waals surface area (Å²) in [6.45, 7) is 0.955. The van der Waals surface area contributed by atoms with Crippen LogP contribution >= 0.6 is 35.6 Å². The average molecular weight is 436 g/mol. The summed E-state index contributed by atoms with van der Waals surface area (Å²) >= 11 is 12.3. The van der Waals surface area contributed by atoms with Gasteiger partial charge in [-0.1, -0.05) is 53.8 Å². The number of thioether (sulfide) groups is 1. The van der Waals surface area contributed by atoms with Gasteiger partial charge in [0.1, 0.15) is 10.1 Å². The van der Waals surface area contributed by atoms with Crippen molar-refractivity contribution < 1.29 is 19.0 Å². The Labute approximate surface area is 178 Å². The van der Waals surface area contributed by atoms with Crippen molar-refractivity contribution in [3.63, 3.8) is 0 Å². The van der Waals surface area contributed by atoms with Gasteiger partial charge in [-0.05, 0) is 35.9 Å². The maximum absolute atomic E-state index is 11.8. The van der Waals surface area contributed by atoms with Gasteiger partial charge in [-0.3, -0.25) is 4.79 Å². The van der Waals surface area contributed by atoms with Crippen LogP contribution in [-0.2, 0) is 4.79 Å². The van der Waals surface area contributed by atoms with Gasteiger partial charge in [0.15, 0.2) is 11.5 Å². The van der Waals surface area contributed by atoms with Gasteiger partial charge in [-0.25, -0.2) is 0 Å². The lowest BCUT2D eigenvalue weighted by Crippen LogP contribution is -2.17. The predicted octanol–water partition coefficient (Wildman–Crippen LogP) is 4.69. The fraction of sp³-hybridized carbons (Fsp3) is 0.200. The van der Waals surface area contributed by atoms with E-state index in [-0.39, 0.29) is 5.91 Å². The van der Waals surface area contributed by atoms with Gasteiger partial charge >= 0.3 is 0 Å². The second-order valence-corrected chi connectivity index (χ2v) is 7.87. The van der Waals surface area contributed by atoms with Crippen molar-refractivity contribution in [3.05, 3.63) is 58.0 Å². The molecule has 28 heavy (non-hydrogen) atoms. The molecule has 0 atom stereocenters. The first-order valence-electron chi connectivity index (χ1n) is 8.50. The number of carbonyl (C=O) groups is 1. The molecule has 0 spiro atoms. The zero-order chi connectivity index (χ0) is 19.9. The molecule has 2 aromatic carbocycles. The summed E-state index contributed by atoms with van der Waals surface area (Å²) in [5.74, 6) is 1.69. The Morgan fingerprint density at radius 1 is 1.11 bits per heavy atom. The highest BCUT2D eigenvalue weighted by Crippen LogP contribution is 2.31. The second-order valence-electron chi connectivity index (χ2n) is 5.74. The number of nitrogens with one attached hydrogen (secondary N) is 1. The molecule has 0 bridgehead atoms. The first-order chi connectivity index (χ1) is 13.6. The Balaban J connectivity index is 1.54. The molecule has 146 valence electrons. The molecule has 2 aromatic rings. The maximum Gasteiger partial charge on any atom is 0.263 e. The maximum atomic E-state index is 11.8. The molecule has 1 heterocycles. The van der Waals surface area contributed by atoms with Crippen molar-refractivity contribution >= 4 is 51.9 Å². The first kappa shape index (κ1) is 20.5. The number of benzene rings is 2. The van der Waals surface area contributed by atoms with Gasteiger partial charge in [0.25, 0.3) is 5.91 Å². The van der Waals surface area contributed by atoms with Crippen molar-refractivity contribution in [2.45, 2.75) is 6.42 Å². The SMILES string of the molecule is COc1cc(/C=C2\SC(=S)NC2=O)ccc1OCCCOc1ccccc1Cl. The molecule has 8 heteroatoms. The van der Waals surface area contributed by atoms with E-state index in [1.165, 1.54) is 11.8 Å². The summed E-state index contributed by atoms with van der Waals surface area (Å²) in [5, 5.41) is 3.18. The van der Waals surface area contributed by atoms with Crippen LogP contribution in [0.25, 0.3) is 6.08 Å². The van der Waals surface area contributed by atoms with Crippen molar-refractivity contribution in [2.24, 2.45) is 0 Å². The van der Waals surface area contributed by atoms with E-state index in [4.69, 9.17) is 38.0 Å². The summed E-state index contributed by atoms with van der Waals surface area (Å²) in [7, 11) is 1.58. The zero-order valence-corrected chi connectivity index (χ0v) is 17.5. The molecule has 0 radical (unpaired) electrons. The molecule has 1 saturated heterocycles. The van der Waals surface area contributed by atoms with Crippen LogP contribution < -0.4 is 19.5 Å². The van der Waals surface area contributed by atoms with E-state index in [1.807, 2.05) is 36.4 Å². The van der Waals surface area contributed by atoms with Crippen LogP contribution in [0.2, 0.25) is 5.02 Å². The molecule has 0 unspecified atom stereocenters. The number of para-hydroxylation sites is 1. The summed E-state index contributed by atoms with van der Waals surface area (Å²) < 4.78 is 17.3. The fourth-order valence-corrected chi connectivity index (χ4v) is 3.69. The van der Waals surface area contributed by atoms with Crippen molar-refractivity contribution in [1.82, 2.24) is 5.32 Å². The highest BCUT2D eigenvalue weighted by atomic mass is 35.5. The highest BCUT2D eigenvalue weighted by Gasteiger charge is 2.22. The Morgan fingerprint density at radius 2 is 1.86 bits per heavy atom. The van der Waals surface area contributed by atoms with Gasteiger partial charge in [0.05, 0.1) is 30.3 Å². The molecule has 1 amide bonds. The molecular formula is C20H18ClNO4S2. The van der Waals surface area contributed by atoms with E-state index in [0.717, 1.165) is 5.56 Å². The molecule has 0 saturated carbocycles. The molecule has 1 N–H and O–H groups in total. The highest BCUT2D eigenvalue weighted by molar-refractivity contribution is 8.26. The van der Waals surface area contributed by atoms with Crippen LogP contribution in [0.3, 0.4) is 0 Å². The third-order valence-corrected chi connectivity index (χ3v) is 5.24. The van der Waals surface area contributed by atoms with Crippen LogP contribution in [0.15, 0.2) is 47.4 Å². The lowest BCUT2D eigenvalue weighted by molar-refractivity contribution is -0.115. The second kappa shape index (κ2) is 9.82. The third kappa shape index (κ3) is 5.41. The number of ether oxygens (including phenoxy) is 3. The quantitative estimate of drug-likeness (QED) is 0.369. The first-order valence-corrected chi connectivity index (χ1v) is 10.1. The van der Waals surface area contributed by atoms with Crippen LogP contribution in [0, 0.1) is 0 Å². The molecule has 1 aliphatic heterocycles. The van der Waals surface area contributed by atoms with Crippen LogP contribution in [0.5, 0.6) is 17.2 Å². The molecule has 1 aliphatic rings. The fourth-order valence-electron chi connectivity index (χ4n) is 2.45. The van der Waals surface area contributed by atoms with Crippen molar-refractivity contribution in [1.29, 1.82) is 0 Å². The third-order valence-electron chi connectivity index (χ3n) is 3.77. The molecule has 0 aromatic heterocycles. The topological polar surface area (TPSA) is 56.8 Å². The lowest BCUT2D eigenvalue weighted by Gasteiger charge is -2.12. The van der Waals surface area contributed by atoms with Crippen LogP contribution in [0.1, 0.15) is 12.0 Å². The Kier molecular flexibility index (Phi) is 7.19. The van der Waals surface area contributed by atoms with Gasteiger partial charge in [0, 0.05) is 6.42 Å². The average Bonchev–Trinajstić information content (AvgIpc) is 3.00.